The summed E-state index contributed by atoms with van der Waals surface area (Å²) >= 11 is 0. The number of carbonyl (C=O) groups excluding carboxylic acids is 1. The summed E-state index contributed by atoms with van der Waals surface area (Å²) in [5.41, 5.74) is 1.22. The van der Waals surface area contributed by atoms with Gasteiger partial charge in [-0.25, -0.2) is 17.6 Å². The number of esters is 1. The van der Waals surface area contributed by atoms with Crippen molar-refractivity contribution >= 4 is 38.4 Å². The van der Waals surface area contributed by atoms with Crippen molar-refractivity contribution in [2.75, 3.05) is 66.2 Å². The van der Waals surface area contributed by atoms with Crippen LogP contribution in [0.4, 0.5) is 15.8 Å². The predicted octanol–water partition coefficient (Wildman–Crippen LogP) is 7.66. The van der Waals surface area contributed by atoms with Gasteiger partial charge in [-0.3, -0.25) is 10.1 Å². The number of nitrogens with one attached hydrogen (secondary N) is 2. The van der Waals surface area contributed by atoms with E-state index in [2.05, 4.69) is 15.3 Å². The lowest BCUT2D eigenvalue weighted by molar-refractivity contribution is -0.384. The standard InChI is InChI=1S/C46H48FN5O13S/c1-58-34-11-6-30(7-12-34)27-51(28-31-8-13-35(59-2)14-9-31)66(56,57)37-24-39(52(54)55)43(49-26-36-29-61-20-21-62-36)41(25-37)63-18-4-5-19-64-45-42(22-32-16-17-48-44(32)50-45)65-40-23-33(47)10-15-38(40)46(53)60-3/h6-17,22-25,36,49H,4-5,18-21,26-29H2,1-3H3,(H,48,50)/t36-/m0/s1. The molecule has 0 radical (unpaired) electrons. The molecule has 66 heavy (non-hydrogen) atoms. The van der Waals surface area contributed by atoms with Crippen molar-refractivity contribution in [2.45, 2.75) is 36.9 Å². The Morgan fingerprint density at radius 1 is 0.879 bits per heavy atom. The zero-order valence-corrected chi connectivity index (χ0v) is 37.1. The van der Waals surface area contributed by atoms with Crippen LogP contribution < -0.4 is 29.0 Å². The third-order valence-electron chi connectivity index (χ3n) is 10.4. The molecule has 0 saturated carbocycles. The summed E-state index contributed by atoms with van der Waals surface area (Å²) in [6.07, 6.45) is 1.94. The van der Waals surface area contributed by atoms with Crippen LogP contribution in [0.25, 0.3) is 11.0 Å². The van der Waals surface area contributed by atoms with Crippen LogP contribution in [0.1, 0.15) is 34.3 Å². The first kappa shape index (κ1) is 47.0. The van der Waals surface area contributed by atoms with Gasteiger partial charge in [0.2, 0.25) is 10.0 Å². The van der Waals surface area contributed by atoms with Crippen LogP contribution in [0.3, 0.4) is 0 Å². The van der Waals surface area contributed by atoms with Gasteiger partial charge < -0.3 is 48.2 Å². The number of nitrogens with zero attached hydrogens (tertiary/aromatic N) is 3. The third-order valence-corrected chi connectivity index (χ3v) is 12.2. The SMILES string of the molecule is COC(=O)c1ccc(F)cc1Oc1cc2cc[nH]c2nc1OCCCCOc1cc(S(=O)(=O)N(Cc2ccc(OC)cc2)Cc2ccc(OC)cc2)cc([N+](=O)[O-])c1NC[C@H]1COCCO1. The first-order valence-corrected chi connectivity index (χ1v) is 22.2. The Hall–Kier alpha value is -7.00. The van der Waals surface area contributed by atoms with Gasteiger partial charge in [0.05, 0.1) is 70.3 Å². The summed E-state index contributed by atoms with van der Waals surface area (Å²) in [4.78, 5) is 31.7. The number of nitro groups is 1. The lowest BCUT2D eigenvalue weighted by atomic mass is 10.2. The number of anilines is 1. The lowest BCUT2D eigenvalue weighted by Crippen LogP contribution is -2.34. The maximum absolute atomic E-state index is 14.7. The van der Waals surface area contributed by atoms with E-state index in [9.17, 15) is 27.7 Å². The molecule has 0 aliphatic carbocycles. The molecule has 0 amide bonds. The number of unbranched alkanes of at least 4 members (excludes halogenated alkanes) is 1. The number of H-pyrrole nitrogens is 1. The molecule has 6 aromatic rings. The molecular weight excluding hydrogens is 882 g/mol. The summed E-state index contributed by atoms with van der Waals surface area (Å²) < 4.78 is 90.0. The molecule has 1 atom stereocenters. The number of halogens is 1. The highest BCUT2D eigenvalue weighted by molar-refractivity contribution is 7.89. The van der Waals surface area contributed by atoms with Crippen LogP contribution in [0.5, 0.6) is 34.6 Å². The Labute approximate surface area is 379 Å². The van der Waals surface area contributed by atoms with Gasteiger partial charge >= 0.3 is 5.97 Å². The zero-order valence-electron chi connectivity index (χ0n) is 36.3. The molecule has 7 rings (SSSR count). The molecule has 20 heteroatoms. The van der Waals surface area contributed by atoms with Gasteiger partial charge in [0.1, 0.15) is 34.3 Å². The quantitative estimate of drug-likeness (QED) is 0.0290. The van der Waals surface area contributed by atoms with Crippen LogP contribution in [0, 0.1) is 15.9 Å². The largest absolute Gasteiger partial charge is 0.497 e. The molecular formula is C46H48FN5O13S. The number of carbonyl (C=O) groups is 1. The average molecular weight is 930 g/mol. The van der Waals surface area contributed by atoms with Gasteiger partial charge in [0, 0.05) is 49.4 Å². The summed E-state index contributed by atoms with van der Waals surface area (Å²) in [5.74, 6) is -0.212. The van der Waals surface area contributed by atoms with Crippen molar-refractivity contribution in [2.24, 2.45) is 0 Å². The van der Waals surface area contributed by atoms with E-state index < -0.39 is 38.5 Å². The van der Waals surface area contributed by atoms with E-state index in [0.717, 1.165) is 18.2 Å². The first-order valence-electron chi connectivity index (χ1n) is 20.8. The maximum atomic E-state index is 14.7. The molecule has 4 aromatic carbocycles. The number of hydrogen-bond acceptors (Lipinski definition) is 15. The molecule has 0 spiro atoms. The Morgan fingerprint density at radius 2 is 1.56 bits per heavy atom. The van der Waals surface area contributed by atoms with Gasteiger partial charge in [0.25, 0.3) is 11.6 Å². The normalized spacial score (nSPS) is 13.9. The number of hydrogen-bond donors (Lipinski definition) is 2. The van der Waals surface area contributed by atoms with Crippen molar-refractivity contribution in [3.8, 4) is 34.6 Å². The number of fused-ring (bicyclic) bond motifs is 1. The smallest absolute Gasteiger partial charge is 0.341 e. The van der Waals surface area contributed by atoms with Crippen LogP contribution >= 0.6 is 0 Å². The van der Waals surface area contributed by atoms with Crippen molar-refractivity contribution in [3.05, 3.63) is 130 Å². The fourth-order valence-corrected chi connectivity index (χ4v) is 8.38. The van der Waals surface area contributed by atoms with Crippen molar-refractivity contribution in [1.29, 1.82) is 0 Å². The van der Waals surface area contributed by atoms with Crippen molar-refractivity contribution in [1.82, 2.24) is 14.3 Å². The molecule has 1 saturated heterocycles. The molecule has 0 bridgehead atoms. The minimum atomic E-state index is -4.45. The van der Waals surface area contributed by atoms with E-state index in [1.807, 2.05) is 0 Å². The summed E-state index contributed by atoms with van der Waals surface area (Å²) in [6.45, 7) is 1.04. The Kier molecular flexibility index (Phi) is 15.5. The zero-order chi connectivity index (χ0) is 46.6. The fourth-order valence-electron chi connectivity index (χ4n) is 6.93. The third kappa shape index (κ3) is 11.6. The highest BCUT2D eigenvalue weighted by Crippen LogP contribution is 2.40. The fraction of sp³-hybridized carbons (Fsp3) is 0.304. The number of benzene rings is 4. The van der Waals surface area contributed by atoms with Crippen LogP contribution in [0.15, 0.2) is 102 Å². The number of methoxy groups -OCH3 is 3. The summed E-state index contributed by atoms with van der Waals surface area (Å²) in [6, 6.07) is 23.0. The highest BCUT2D eigenvalue weighted by Gasteiger charge is 2.32. The minimum Gasteiger partial charge on any atom is -0.497 e. The van der Waals surface area contributed by atoms with E-state index in [1.54, 1.807) is 66.9 Å². The lowest BCUT2D eigenvalue weighted by Gasteiger charge is -2.25. The second kappa shape index (κ2) is 21.8. The van der Waals surface area contributed by atoms with E-state index in [0.29, 0.717) is 59.7 Å². The van der Waals surface area contributed by atoms with E-state index in [-0.39, 0.29) is 78.7 Å². The summed E-state index contributed by atoms with van der Waals surface area (Å²) in [7, 11) is -0.197. The van der Waals surface area contributed by atoms with Gasteiger partial charge in [-0.2, -0.15) is 9.29 Å². The predicted molar refractivity (Wildman–Crippen MR) is 239 cm³/mol. The van der Waals surface area contributed by atoms with Gasteiger partial charge in [-0.1, -0.05) is 24.3 Å². The number of pyridine rings is 1. The van der Waals surface area contributed by atoms with Crippen LogP contribution in [0.2, 0.25) is 0 Å². The Morgan fingerprint density at radius 3 is 2.18 bits per heavy atom. The molecule has 2 N–H and O–H groups in total. The molecule has 348 valence electrons. The van der Waals surface area contributed by atoms with Crippen molar-refractivity contribution in [3.63, 3.8) is 0 Å². The second-order valence-electron chi connectivity index (χ2n) is 14.8. The maximum Gasteiger partial charge on any atom is 0.341 e. The number of sulfonamides is 1. The van der Waals surface area contributed by atoms with Crippen molar-refractivity contribution < 1.29 is 60.4 Å². The van der Waals surface area contributed by atoms with Crippen LogP contribution in [-0.4, -0.2) is 101 Å². The first-order chi connectivity index (χ1) is 31.9. The molecule has 18 nitrogen and oxygen atoms in total. The number of nitro benzene ring substituents is 1. The number of ether oxygens (including phenoxy) is 8. The number of aromatic nitrogens is 2. The van der Waals surface area contributed by atoms with Gasteiger partial charge in [-0.05, 0) is 72.5 Å². The minimum absolute atomic E-state index is 0.0103. The molecule has 1 aliphatic heterocycles. The van der Waals surface area contributed by atoms with Gasteiger partial charge in [0.15, 0.2) is 17.2 Å². The highest BCUT2D eigenvalue weighted by atomic mass is 32.2. The molecule has 2 aromatic heterocycles. The molecule has 1 fully saturated rings. The Balaban J connectivity index is 1.13. The van der Waals surface area contributed by atoms with E-state index in [4.69, 9.17) is 37.9 Å². The summed E-state index contributed by atoms with van der Waals surface area (Å²) in [5, 5.41) is 16.5. The Bertz CT molecular complexity index is 2680. The van der Waals surface area contributed by atoms with E-state index in [1.165, 1.54) is 37.8 Å². The average Bonchev–Trinajstić information content (AvgIpc) is 3.79. The van der Waals surface area contributed by atoms with E-state index >= 15 is 0 Å². The molecule has 1 aliphatic rings. The van der Waals surface area contributed by atoms with Crippen LogP contribution in [-0.2, 0) is 37.3 Å². The monoisotopic (exact) mass is 929 g/mol. The number of rotatable bonds is 22. The molecule has 0 unspecified atom stereocenters. The molecule has 3 heterocycles. The second-order valence-corrected chi connectivity index (χ2v) is 16.8. The number of aromatic amines is 1. The van der Waals surface area contributed by atoms with Gasteiger partial charge in [-0.15, -0.1) is 0 Å². The topological polar surface area (TPSA) is 212 Å².